The Kier molecular flexibility index (Phi) is 5.91. The molecule has 0 radical (unpaired) electrons. The van der Waals surface area contributed by atoms with Gasteiger partial charge in [0.15, 0.2) is 0 Å². The number of piperidine rings is 1. The predicted molar refractivity (Wildman–Crippen MR) is 104 cm³/mol. The van der Waals surface area contributed by atoms with Crippen LogP contribution in [0, 0.1) is 0 Å². The normalized spacial score (nSPS) is 20.2. The van der Waals surface area contributed by atoms with Gasteiger partial charge in [-0.15, -0.1) is 0 Å². The quantitative estimate of drug-likeness (QED) is 0.770. The van der Waals surface area contributed by atoms with Crippen molar-refractivity contribution < 1.29 is 22.6 Å². The number of morpholine rings is 1. The molecule has 162 valence electrons. The van der Waals surface area contributed by atoms with Crippen molar-refractivity contribution in [2.24, 2.45) is 0 Å². The fraction of sp³-hybridized carbons (Fsp3) is 0.526. The minimum absolute atomic E-state index is 0.0880. The van der Waals surface area contributed by atoms with Gasteiger partial charge in [-0.1, -0.05) is 0 Å². The predicted octanol–water partition coefficient (Wildman–Crippen LogP) is 2.11. The number of hydrogen-bond donors (Lipinski definition) is 2. The fourth-order valence-electron chi connectivity index (χ4n) is 3.52. The molecule has 2 saturated heterocycles. The summed E-state index contributed by atoms with van der Waals surface area (Å²) in [6.45, 7) is 3.64. The van der Waals surface area contributed by atoms with E-state index in [9.17, 15) is 13.2 Å². The van der Waals surface area contributed by atoms with E-state index in [1.807, 2.05) is 4.90 Å². The molecule has 2 fully saturated rings. The number of pyridine rings is 1. The highest BCUT2D eigenvalue weighted by molar-refractivity contribution is 5.67. The van der Waals surface area contributed by atoms with Crippen molar-refractivity contribution in [3.05, 3.63) is 23.9 Å². The summed E-state index contributed by atoms with van der Waals surface area (Å²) < 4.78 is 52.3. The number of alkyl halides is 3. The van der Waals surface area contributed by atoms with Gasteiger partial charge in [0.2, 0.25) is 11.8 Å². The summed E-state index contributed by atoms with van der Waals surface area (Å²) in [7, 11) is 0. The average Bonchev–Trinajstić information content (AvgIpc) is 2.74. The first-order valence-electron chi connectivity index (χ1n) is 9.82. The molecule has 4 heterocycles. The monoisotopic (exact) mass is 424 g/mol. The summed E-state index contributed by atoms with van der Waals surface area (Å²) in [6, 6.07) is 2.25. The third-order valence-electron chi connectivity index (χ3n) is 5.03. The van der Waals surface area contributed by atoms with Crippen molar-refractivity contribution in [3.63, 3.8) is 0 Å². The van der Waals surface area contributed by atoms with E-state index >= 15 is 0 Å². The van der Waals surface area contributed by atoms with E-state index in [0.29, 0.717) is 38.8 Å². The summed E-state index contributed by atoms with van der Waals surface area (Å²) in [5, 5.41) is 3.25. The molecule has 8 nitrogen and oxygen atoms in total. The zero-order valence-corrected chi connectivity index (χ0v) is 16.3. The van der Waals surface area contributed by atoms with E-state index in [4.69, 9.17) is 15.2 Å². The zero-order chi connectivity index (χ0) is 21.1. The number of halogens is 3. The van der Waals surface area contributed by atoms with Crippen LogP contribution in [0.3, 0.4) is 0 Å². The maximum absolute atomic E-state index is 13.6. The Labute approximate surface area is 171 Å². The van der Waals surface area contributed by atoms with Gasteiger partial charge in [-0.25, -0.2) is 9.97 Å². The molecule has 0 unspecified atom stereocenters. The summed E-state index contributed by atoms with van der Waals surface area (Å²) in [5.74, 6) is 0.331. The second kappa shape index (κ2) is 8.60. The Balaban J connectivity index is 1.75. The lowest BCUT2D eigenvalue weighted by Gasteiger charge is -2.28. The van der Waals surface area contributed by atoms with Crippen LogP contribution in [-0.4, -0.2) is 60.4 Å². The molecule has 11 heteroatoms. The molecule has 0 bridgehead atoms. The summed E-state index contributed by atoms with van der Waals surface area (Å²) in [5.41, 5.74) is 4.53. The highest BCUT2D eigenvalue weighted by Crippen LogP contribution is 2.38. The fourth-order valence-corrected chi connectivity index (χ4v) is 3.52. The van der Waals surface area contributed by atoms with Crippen molar-refractivity contribution in [2.45, 2.75) is 25.1 Å². The number of anilines is 2. The third-order valence-corrected chi connectivity index (χ3v) is 5.03. The van der Waals surface area contributed by atoms with Crippen molar-refractivity contribution in [2.75, 3.05) is 50.0 Å². The topological polar surface area (TPSA) is 98.4 Å². The molecule has 2 aromatic heterocycles. The number of nitrogen functional groups attached to an aromatic ring is 1. The van der Waals surface area contributed by atoms with Gasteiger partial charge in [0.25, 0.3) is 0 Å². The van der Waals surface area contributed by atoms with E-state index < -0.39 is 11.7 Å². The molecule has 0 saturated carbocycles. The lowest BCUT2D eigenvalue weighted by Crippen LogP contribution is -2.38. The summed E-state index contributed by atoms with van der Waals surface area (Å²) in [6.07, 6.45) is -1.82. The Bertz CT molecular complexity index is 883. The first kappa shape index (κ1) is 20.6. The Morgan fingerprint density at radius 3 is 2.70 bits per heavy atom. The maximum atomic E-state index is 13.6. The van der Waals surface area contributed by atoms with Crippen LogP contribution >= 0.6 is 0 Å². The van der Waals surface area contributed by atoms with E-state index in [-0.39, 0.29) is 29.1 Å². The molecule has 30 heavy (non-hydrogen) atoms. The lowest BCUT2D eigenvalue weighted by molar-refractivity contribution is -0.137. The van der Waals surface area contributed by atoms with Crippen LogP contribution in [0.1, 0.15) is 18.4 Å². The van der Waals surface area contributed by atoms with Crippen LogP contribution in [0.25, 0.3) is 11.3 Å². The molecular weight excluding hydrogens is 401 g/mol. The van der Waals surface area contributed by atoms with Gasteiger partial charge in [0, 0.05) is 37.5 Å². The van der Waals surface area contributed by atoms with Gasteiger partial charge in [0.1, 0.15) is 11.9 Å². The number of nitrogens with one attached hydrogen (secondary N) is 1. The van der Waals surface area contributed by atoms with Crippen LogP contribution in [0.5, 0.6) is 5.88 Å². The largest absolute Gasteiger partial charge is 0.473 e. The highest BCUT2D eigenvalue weighted by atomic mass is 19.4. The second-order valence-corrected chi connectivity index (χ2v) is 7.23. The molecule has 2 aliphatic rings. The van der Waals surface area contributed by atoms with Gasteiger partial charge >= 0.3 is 6.18 Å². The average molecular weight is 424 g/mol. The zero-order valence-electron chi connectivity index (χ0n) is 16.3. The summed E-state index contributed by atoms with van der Waals surface area (Å²) in [4.78, 5) is 14.6. The number of hydrogen-bond acceptors (Lipinski definition) is 8. The van der Waals surface area contributed by atoms with Crippen molar-refractivity contribution in [1.82, 2.24) is 20.3 Å². The van der Waals surface area contributed by atoms with Crippen LogP contribution in [-0.2, 0) is 10.9 Å². The minimum atomic E-state index is -4.61. The van der Waals surface area contributed by atoms with Gasteiger partial charge in [-0.3, -0.25) is 0 Å². The third kappa shape index (κ3) is 4.73. The number of ether oxygens (including phenoxy) is 2. The van der Waals surface area contributed by atoms with Gasteiger partial charge in [-0.2, -0.15) is 18.2 Å². The maximum Gasteiger partial charge on any atom is 0.417 e. The van der Waals surface area contributed by atoms with Crippen LogP contribution in [0.4, 0.5) is 24.9 Å². The molecule has 0 amide bonds. The molecule has 2 aliphatic heterocycles. The van der Waals surface area contributed by atoms with Crippen molar-refractivity contribution >= 4 is 11.8 Å². The van der Waals surface area contributed by atoms with E-state index in [1.54, 1.807) is 0 Å². The molecule has 3 N–H and O–H groups in total. The van der Waals surface area contributed by atoms with E-state index in [2.05, 4.69) is 20.3 Å². The first-order valence-corrected chi connectivity index (χ1v) is 9.82. The van der Waals surface area contributed by atoms with Crippen LogP contribution < -0.4 is 20.7 Å². The number of nitrogens with two attached hydrogens (primary N) is 1. The first-order chi connectivity index (χ1) is 14.4. The van der Waals surface area contributed by atoms with E-state index in [1.165, 1.54) is 6.07 Å². The van der Waals surface area contributed by atoms with Crippen LogP contribution in [0.2, 0.25) is 0 Å². The Morgan fingerprint density at radius 1 is 1.20 bits per heavy atom. The summed E-state index contributed by atoms with van der Waals surface area (Å²) >= 11 is 0. The molecule has 0 aromatic carbocycles. The Hall–Kier alpha value is -2.66. The van der Waals surface area contributed by atoms with Gasteiger partial charge in [0.05, 0.1) is 24.5 Å². The van der Waals surface area contributed by atoms with Gasteiger partial charge in [-0.05, 0) is 25.5 Å². The number of nitrogens with zero attached hydrogens (tertiary/aromatic N) is 4. The SMILES string of the molecule is Nc1cc(C(F)(F)F)c(-c2cc(O[C@H]3CCCNC3)nc(N3CCOCC3)n2)cn1. The standard InChI is InChI=1S/C19H23F3N6O2/c20-19(21,22)14-8-16(23)25-11-13(14)15-9-17(30-12-2-1-3-24-10-12)27-18(26-15)28-4-6-29-7-5-28/h8-9,11-12,24H,1-7,10H2,(H2,23,25)/t12-/m0/s1. The second-order valence-electron chi connectivity index (χ2n) is 7.23. The van der Waals surface area contributed by atoms with Gasteiger partial charge < -0.3 is 25.4 Å². The molecule has 0 aliphatic carbocycles. The molecule has 2 aromatic rings. The van der Waals surface area contributed by atoms with E-state index in [0.717, 1.165) is 31.6 Å². The molecule has 4 rings (SSSR count). The minimum Gasteiger partial charge on any atom is -0.473 e. The number of aromatic nitrogens is 3. The highest BCUT2D eigenvalue weighted by Gasteiger charge is 2.35. The molecular formula is C19H23F3N6O2. The molecule has 1 atom stereocenters. The molecule has 0 spiro atoms. The van der Waals surface area contributed by atoms with Crippen molar-refractivity contribution in [1.29, 1.82) is 0 Å². The number of rotatable bonds is 4. The lowest BCUT2D eigenvalue weighted by atomic mass is 10.1. The van der Waals surface area contributed by atoms with Crippen LogP contribution in [0.15, 0.2) is 18.3 Å². The smallest absolute Gasteiger partial charge is 0.417 e. The Morgan fingerprint density at radius 2 is 2.00 bits per heavy atom. The van der Waals surface area contributed by atoms with Crippen molar-refractivity contribution in [3.8, 4) is 17.1 Å².